The summed E-state index contributed by atoms with van der Waals surface area (Å²) in [7, 11) is 0. The van der Waals surface area contributed by atoms with Crippen LogP contribution in [0.4, 0.5) is 15.9 Å². The predicted octanol–water partition coefficient (Wildman–Crippen LogP) is 1.25. The third-order valence-electron chi connectivity index (χ3n) is 4.81. The molecule has 0 saturated heterocycles. The molecule has 5 rings (SSSR count). The molecule has 1 saturated carbocycles. The van der Waals surface area contributed by atoms with Crippen LogP contribution < -0.4 is 21.7 Å². The molecule has 10 heteroatoms. The van der Waals surface area contributed by atoms with Gasteiger partial charge in [-0.1, -0.05) is 0 Å². The molecule has 0 bridgehead atoms. The van der Waals surface area contributed by atoms with Crippen molar-refractivity contribution in [2.24, 2.45) is 4.99 Å². The summed E-state index contributed by atoms with van der Waals surface area (Å²) in [5.74, 6) is -0.0190. The molecule has 0 radical (unpaired) electrons. The number of H-pyrrole nitrogens is 2. The lowest BCUT2D eigenvalue weighted by Crippen LogP contribution is -2.19. The Bertz CT molecular complexity index is 1450. The van der Waals surface area contributed by atoms with Crippen molar-refractivity contribution in [2.45, 2.75) is 25.8 Å². The summed E-state index contributed by atoms with van der Waals surface area (Å²) in [6.07, 6.45) is 5.23. The number of halogens is 1. The van der Waals surface area contributed by atoms with Crippen molar-refractivity contribution in [3.05, 3.63) is 68.7 Å². The molecule has 0 aliphatic heterocycles. The highest BCUT2D eigenvalue weighted by Crippen LogP contribution is 2.23. The SMILES string of the molecule is Cc1cc(Nc2cc(=NC3CC3)n3ncc(=Cc4[nH]c(=O)[nH]c4O)c3n2)ccc1F. The van der Waals surface area contributed by atoms with E-state index in [1.807, 2.05) is 0 Å². The van der Waals surface area contributed by atoms with Gasteiger partial charge in [0.2, 0.25) is 5.88 Å². The van der Waals surface area contributed by atoms with Crippen LogP contribution in [-0.4, -0.2) is 35.7 Å². The van der Waals surface area contributed by atoms with Crippen LogP contribution in [0.15, 0.2) is 40.2 Å². The van der Waals surface area contributed by atoms with Crippen LogP contribution in [-0.2, 0) is 0 Å². The third-order valence-corrected chi connectivity index (χ3v) is 4.81. The highest BCUT2D eigenvalue weighted by molar-refractivity contribution is 5.61. The van der Waals surface area contributed by atoms with E-state index in [-0.39, 0.29) is 23.4 Å². The maximum Gasteiger partial charge on any atom is 0.326 e. The number of aromatic hydroxyl groups is 1. The van der Waals surface area contributed by atoms with E-state index in [0.29, 0.717) is 33.4 Å². The molecule has 30 heavy (non-hydrogen) atoms. The van der Waals surface area contributed by atoms with E-state index in [1.54, 1.807) is 41.9 Å². The number of aromatic amines is 2. The number of nitrogens with zero attached hydrogens (tertiary/aromatic N) is 4. The van der Waals surface area contributed by atoms with Gasteiger partial charge in [-0.3, -0.25) is 9.98 Å². The quantitative estimate of drug-likeness (QED) is 0.405. The second kappa shape index (κ2) is 6.83. The standard InChI is InChI=1S/C20H18FN7O2/c1-10-6-13(4-5-14(10)21)23-16-8-17(24-12-2-3-12)28-18(26-16)11(9-22-28)7-15-19(29)27-20(30)25-15/h4-9,12,23,29H,2-3H2,1H3,(H2,25,27,30). The van der Waals surface area contributed by atoms with Crippen LogP contribution in [0.2, 0.25) is 0 Å². The van der Waals surface area contributed by atoms with Crippen LogP contribution in [0.3, 0.4) is 0 Å². The van der Waals surface area contributed by atoms with Gasteiger partial charge in [-0.2, -0.15) is 9.61 Å². The predicted molar refractivity (Wildman–Crippen MR) is 108 cm³/mol. The second-order valence-corrected chi connectivity index (χ2v) is 7.27. The number of hydrogen-bond donors (Lipinski definition) is 4. The minimum absolute atomic E-state index is 0.227. The van der Waals surface area contributed by atoms with Gasteiger partial charge in [0, 0.05) is 17.0 Å². The summed E-state index contributed by atoms with van der Waals surface area (Å²) >= 11 is 0. The minimum atomic E-state index is -0.512. The van der Waals surface area contributed by atoms with Gasteiger partial charge in [0.1, 0.15) is 17.3 Å². The average Bonchev–Trinajstić information content (AvgIpc) is 3.34. The second-order valence-electron chi connectivity index (χ2n) is 7.27. The zero-order chi connectivity index (χ0) is 20.8. The van der Waals surface area contributed by atoms with E-state index < -0.39 is 5.69 Å². The number of aryl methyl sites for hydroxylation is 1. The van der Waals surface area contributed by atoms with Gasteiger partial charge in [0.15, 0.2) is 11.1 Å². The molecule has 9 nitrogen and oxygen atoms in total. The first-order valence-corrected chi connectivity index (χ1v) is 9.45. The van der Waals surface area contributed by atoms with Crippen LogP contribution in [0.1, 0.15) is 24.1 Å². The summed E-state index contributed by atoms with van der Waals surface area (Å²) in [4.78, 5) is 25.5. The van der Waals surface area contributed by atoms with E-state index in [9.17, 15) is 14.3 Å². The maximum absolute atomic E-state index is 13.6. The molecule has 4 aromatic rings. The van der Waals surface area contributed by atoms with Gasteiger partial charge in [0.25, 0.3) is 0 Å². The summed E-state index contributed by atoms with van der Waals surface area (Å²) in [6, 6.07) is 6.78. The van der Waals surface area contributed by atoms with E-state index in [4.69, 9.17) is 4.99 Å². The van der Waals surface area contributed by atoms with Crippen LogP contribution in [0.25, 0.3) is 11.7 Å². The number of rotatable bonds is 4. The van der Waals surface area contributed by atoms with E-state index in [2.05, 4.69) is 25.4 Å². The fourth-order valence-corrected chi connectivity index (χ4v) is 3.13. The topological polar surface area (TPSA) is 123 Å². The summed E-state index contributed by atoms with van der Waals surface area (Å²) in [5.41, 5.74) is 2.07. The average molecular weight is 407 g/mol. The molecular formula is C20H18FN7O2. The first kappa shape index (κ1) is 18.1. The van der Waals surface area contributed by atoms with Crippen molar-refractivity contribution in [3.63, 3.8) is 0 Å². The van der Waals surface area contributed by atoms with Gasteiger partial charge in [0.05, 0.1) is 12.2 Å². The summed E-state index contributed by atoms with van der Waals surface area (Å²) in [6.45, 7) is 1.69. The largest absolute Gasteiger partial charge is 0.493 e. The molecular weight excluding hydrogens is 389 g/mol. The summed E-state index contributed by atoms with van der Waals surface area (Å²) < 4.78 is 15.2. The first-order chi connectivity index (χ1) is 14.5. The molecule has 0 atom stereocenters. The number of anilines is 2. The minimum Gasteiger partial charge on any atom is -0.493 e. The zero-order valence-electron chi connectivity index (χ0n) is 16.0. The Morgan fingerprint density at radius 3 is 2.87 bits per heavy atom. The lowest BCUT2D eigenvalue weighted by Gasteiger charge is -2.08. The molecule has 0 unspecified atom stereocenters. The molecule has 0 spiro atoms. The van der Waals surface area contributed by atoms with Gasteiger partial charge in [-0.05, 0) is 49.6 Å². The highest BCUT2D eigenvalue weighted by atomic mass is 19.1. The Morgan fingerprint density at radius 2 is 2.17 bits per heavy atom. The summed E-state index contributed by atoms with van der Waals surface area (Å²) in [5, 5.41) is 18.0. The third kappa shape index (κ3) is 3.43. The van der Waals surface area contributed by atoms with Crippen LogP contribution in [0.5, 0.6) is 5.88 Å². The smallest absolute Gasteiger partial charge is 0.326 e. The molecule has 4 N–H and O–H groups in total. The Labute approximate surface area is 168 Å². The number of hydrogen-bond acceptors (Lipinski definition) is 6. The molecule has 3 heterocycles. The van der Waals surface area contributed by atoms with Crippen molar-refractivity contribution < 1.29 is 9.50 Å². The van der Waals surface area contributed by atoms with Crippen LogP contribution in [0, 0.1) is 12.7 Å². The maximum atomic E-state index is 13.6. The van der Waals surface area contributed by atoms with Crippen molar-refractivity contribution in [3.8, 4) is 5.88 Å². The Morgan fingerprint density at radius 1 is 1.33 bits per heavy atom. The van der Waals surface area contributed by atoms with Gasteiger partial charge in [-0.25, -0.2) is 14.2 Å². The van der Waals surface area contributed by atoms with E-state index in [0.717, 1.165) is 12.8 Å². The fourth-order valence-electron chi connectivity index (χ4n) is 3.13. The van der Waals surface area contributed by atoms with Crippen molar-refractivity contribution in [1.82, 2.24) is 24.6 Å². The molecule has 1 aromatic carbocycles. The van der Waals surface area contributed by atoms with Crippen molar-refractivity contribution >= 4 is 23.2 Å². The number of benzene rings is 1. The van der Waals surface area contributed by atoms with Gasteiger partial charge < -0.3 is 15.4 Å². The van der Waals surface area contributed by atoms with Gasteiger partial charge >= 0.3 is 5.69 Å². The Kier molecular flexibility index (Phi) is 4.12. The Hall–Kier alpha value is -3.95. The lowest BCUT2D eigenvalue weighted by molar-refractivity contribution is 0.454. The van der Waals surface area contributed by atoms with E-state index >= 15 is 0 Å². The monoisotopic (exact) mass is 407 g/mol. The van der Waals surface area contributed by atoms with E-state index in [1.165, 1.54) is 6.07 Å². The molecule has 152 valence electrons. The number of nitrogens with one attached hydrogen (secondary N) is 3. The molecule has 1 aliphatic rings. The van der Waals surface area contributed by atoms with Crippen molar-refractivity contribution in [2.75, 3.05) is 5.32 Å². The number of fused-ring (bicyclic) bond motifs is 1. The highest BCUT2D eigenvalue weighted by Gasteiger charge is 2.20. The fraction of sp³-hybridized carbons (Fsp3) is 0.200. The zero-order valence-corrected chi connectivity index (χ0v) is 16.0. The number of aromatic nitrogens is 5. The van der Waals surface area contributed by atoms with Gasteiger partial charge in [-0.15, -0.1) is 0 Å². The van der Waals surface area contributed by atoms with Crippen molar-refractivity contribution in [1.29, 1.82) is 0 Å². The number of imidazole rings is 1. The lowest BCUT2D eigenvalue weighted by atomic mass is 10.2. The molecule has 3 aromatic heterocycles. The van der Waals surface area contributed by atoms with Crippen LogP contribution >= 0.6 is 0 Å². The molecule has 1 fully saturated rings. The molecule has 0 amide bonds. The Balaban J connectivity index is 1.67. The normalized spacial score (nSPS) is 15.3. The molecule has 1 aliphatic carbocycles. The first-order valence-electron chi connectivity index (χ1n) is 9.45.